The van der Waals surface area contributed by atoms with Gasteiger partial charge in [-0.3, -0.25) is 19.3 Å². The molecule has 2 aromatic rings. The summed E-state index contributed by atoms with van der Waals surface area (Å²) >= 11 is 7.24. The lowest BCUT2D eigenvalue weighted by Gasteiger charge is -2.37. The Labute approximate surface area is 226 Å². The van der Waals surface area contributed by atoms with E-state index in [4.69, 9.17) is 16.3 Å². The van der Waals surface area contributed by atoms with Crippen molar-refractivity contribution < 1.29 is 19.1 Å². The maximum Gasteiger partial charge on any atom is 0.261 e. The summed E-state index contributed by atoms with van der Waals surface area (Å²) in [5.74, 6) is 0.792. The van der Waals surface area contributed by atoms with Crippen molar-refractivity contribution in [1.82, 2.24) is 10.2 Å². The third-order valence-corrected chi connectivity index (χ3v) is 8.57. The Morgan fingerprint density at radius 2 is 1.81 bits per heavy atom. The van der Waals surface area contributed by atoms with Crippen LogP contribution in [0, 0.1) is 11.8 Å². The third kappa shape index (κ3) is 6.90. The fraction of sp³-hybridized carbons (Fsp3) is 0.519. The number of nitrogens with zero attached hydrogens (tertiary/aromatic N) is 2. The average molecular weight is 545 g/mol. The number of hydrogen-bond acceptors (Lipinski definition) is 6. The Balaban J connectivity index is 1.28. The van der Waals surface area contributed by atoms with Crippen molar-refractivity contribution >= 4 is 52.0 Å². The molecule has 1 aromatic carbocycles. The van der Waals surface area contributed by atoms with Gasteiger partial charge in [0, 0.05) is 37.6 Å². The summed E-state index contributed by atoms with van der Waals surface area (Å²) in [6, 6.07) is 10.2. The minimum atomic E-state index is -0.485. The molecule has 1 saturated heterocycles. The first kappa shape index (κ1) is 26.2. The zero-order chi connectivity index (χ0) is 25.8. The molecule has 2 aliphatic carbocycles. The van der Waals surface area contributed by atoms with Crippen LogP contribution in [0.5, 0.6) is 0 Å². The van der Waals surface area contributed by atoms with Crippen molar-refractivity contribution in [2.75, 3.05) is 49.6 Å². The number of carbonyl (C=O) groups excluding carboxylic acids is 3. The van der Waals surface area contributed by atoms with Crippen LogP contribution in [-0.4, -0.2) is 68.1 Å². The average Bonchev–Trinajstić information content (AvgIpc) is 3.58. The third-order valence-electron chi connectivity index (χ3n) is 7.34. The molecule has 2 heterocycles. The zero-order valence-electron chi connectivity index (χ0n) is 20.8. The van der Waals surface area contributed by atoms with Crippen LogP contribution in [0.2, 0.25) is 4.34 Å². The van der Waals surface area contributed by atoms with Gasteiger partial charge in [0.25, 0.3) is 11.8 Å². The van der Waals surface area contributed by atoms with E-state index in [-0.39, 0.29) is 30.9 Å². The second-order valence-corrected chi connectivity index (χ2v) is 11.9. The predicted molar refractivity (Wildman–Crippen MR) is 145 cm³/mol. The van der Waals surface area contributed by atoms with Gasteiger partial charge < -0.3 is 20.3 Å². The van der Waals surface area contributed by atoms with Gasteiger partial charge in [-0.1, -0.05) is 18.0 Å². The number of anilines is 2. The first-order valence-corrected chi connectivity index (χ1v) is 14.2. The standard InChI is InChI=1S/C27H33ClN4O4S/c28-24-11-10-23(37-24)27(35)29-14-22(31(16-19-4-5-19)15-18-2-1-3-18)26(34)30-20-6-8-21(9-7-20)32-12-13-36-17-25(32)33/h6-11,18-19,22H,1-5,12-17H2,(H,29,35)(H,30,34)/t22-/m1/s1. The highest BCUT2D eigenvalue weighted by Crippen LogP contribution is 2.33. The number of nitrogens with one attached hydrogen (secondary N) is 2. The van der Waals surface area contributed by atoms with Crippen LogP contribution in [-0.2, 0) is 14.3 Å². The Morgan fingerprint density at radius 3 is 2.41 bits per heavy atom. The number of halogens is 1. The Bertz CT molecular complexity index is 1120. The molecule has 0 radical (unpaired) electrons. The van der Waals surface area contributed by atoms with E-state index in [9.17, 15) is 14.4 Å². The van der Waals surface area contributed by atoms with Crippen molar-refractivity contribution in [2.24, 2.45) is 11.8 Å². The van der Waals surface area contributed by atoms with Crippen LogP contribution >= 0.6 is 22.9 Å². The Kier molecular flexibility index (Phi) is 8.44. The molecule has 3 amide bonds. The Hall–Kier alpha value is -2.46. The molecule has 5 rings (SSSR count). The lowest BCUT2D eigenvalue weighted by Crippen LogP contribution is -2.53. The fourth-order valence-corrected chi connectivity index (χ4v) is 5.77. The molecule has 10 heteroatoms. The number of amides is 3. The van der Waals surface area contributed by atoms with Crippen LogP contribution in [0.1, 0.15) is 41.8 Å². The minimum Gasteiger partial charge on any atom is -0.370 e. The number of benzene rings is 1. The van der Waals surface area contributed by atoms with E-state index in [2.05, 4.69) is 15.5 Å². The van der Waals surface area contributed by atoms with E-state index >= 15 is 0 Å². The molecule has 0 spiro atoms. The minimum absolute atomic E-state index is 0.0717. The Morgan fingerprint density at radius 1 is 1.08 bits per heavy atom. The maximum atomic E-state index is 13.6. The summed E-state index contributed by atoms with van der Waals surface area (Å²) in [5, 5.41) is 6.03. The fourth-order valence-electron chi connectivity index (χ4n) is 4.81. The van der Waals surface area contributed by atoms with Gasteiger partial charge in [-0.25, -0.2) is 0 Å². The molecule has 2 saturated carbocycles. The maximum absolute atomic E-state index is 13.6. The van der Waals surface area contributed by atoms with Gasteiger partial charge in [-0.2, -0.15) is 0 Å². The predicted octanol–water partition coefficient (Wildman–Crippen LogP) is 4.01. The lowest BCUT2D eigenvalue weighted by atomic mass is 9.84. The zero-order valence-corrected chi connectivity index (χ0v) is 22.4. The van der Waals surface area contributed by atoms with Crippen molar-refractivity contribution in [3.8, 4) is 0 Å². The van der Waals surface area contributed by atoms with Crippen molar-refractivity contribution in [3.05, 3.63) is 45.6 Å². The molecule has 1 aliphatic heterocycles. The molecule has 0 bridgehead atoms. The van der Waals surface area contributed by atoms with Crippen molar-refractivity contribution in [1.29, 1.82) is 0 Å². The molecule has 3 aliphatic rings. The van der Waals surface area contributed by atoms with E-state index < -0.39 is 6.04 Å². The van der Waals surface area contributed by atoms with Crippen LogP contribution in [0.3, 0.4) is 0 Å². The highest BCUT2D eigenvalue weighted by Gasteiger charge is 2.34. The molecule has 1 atom stereocenters. The summed E-state index contributed by atoms with van der Waals surface area (Å²) in [6.45, 7) is 3.06. The molecule has 37 heavy (non-hydrogen) atoms. The van der Waals surface area contributed by atoms with Gasteiger partial charge in [0.2, 0.25) is 5.91 Å². The van der Waals surface area contributed by atoms with Gasteiger partial charge in [0.05, 0.1) is 15.8 Å². The highest BCUT2D eigenvalue weighted by atomic mass is 35.5. The van der Waals surface area contributed by atoms with Crippen LogP contribution in [0.25, 0.3) is 0 Å². The van der Waals surface area contributed by atoms with E-state index in [1.54, 1.807) is 17.0 Å². The van der Waals surface area contributed by atoms with Gasteiger partial charge in [-0.15, -0.1) is 11.3 Å². The normalized spacial score (nSPS) is 19.0. The summed E-state index contributed by atoms with van der Waals surface area (Å²) in [7, 11) is 0. The SMILES string of the molecule is O=C(NC[C@H](C(=O)Nc1ccc(N2CCOCC2=O)cc1)N(CC1CCC1)CC1CC1)c1ccc(Cl)s1. The van der Waals surface area contributed by atoms with Crippen LogP contribution in [0.15, 0.2) is 36.4 Å². The van der Waals surface area contributed by atoms with Gasteiger partial charge >= 0.3 is 0 Å². The molecule has 1 aromatic heterocycles. The van der Waals surface area contributed by atoms with Crippen LogP contribution < -0.4 is 15.5 Å². The van der Waals surface area contributed by atoms with Crippen molar-refractivity contribution in [2.45, 2.75) is 38.1 Å². The lowest BCUT2D eigenvalue weighted by molar-refractivity contribution is -0.125. The van der Waals surface area contributed by atoms with E-state index in [0.717, 1.165) is 18.8 Å². The summed E-state index contributed by atoms with van der Waals surface area (Å²) in [6.07, 6.45) is 6.01. The number of rotatable bonds is 11. The van der Waals surface area contributed by atoms with Gasteiger partial charge in [0.1, 0.15) is 12.6 Å². The first-order valence-electron chi connectivity index (χ1n) is 13.0. The quantitative estimate of drug-likeness (QED) is 0.446. The topological polar surface area (TPSA) is 91.0 Å². The smallest absolute Gasteiger partial charge is 0.261 e. The van der Waals surface area contributed by atoms with Gasteiger partial charge in [0.15, 0.2) is 0 Å². The molecule has 8 nitrogen and oxygen atoms in total. The monoisotopic (exact) mass is 544 g/mol. The second-order valence-electron chi connectivity index (χ2n) is 10.2. The first-order chi connectivity index (χ1) is 18.0. The number of carbonyl (C=O) groups is 3. The van der Waals surface area contributed by atoms with Crippen molar-refractivity contribution in [3.63, 3.8) is 0 Å². The second kappa shape index (κ2) is 11.9. The van der Waals surface area contributed by atoms with E-state index in [1.807, 2.05) is 24.3 Å². The molecular weight excluding hydrogens is 512 g/mol. The molecule has 0 unspecified atom stereocenters. The molecule has 3 fully saturated rings. The molecule has 2 N–H and O–H groups in total. The van der Waals surface area contributed by atoms with E-state index in [0.29, 0.717) is 39.9 Å². The number of thiophene rings is 1. The van der Waals surface area contributed by atoms with Crippen LogP contribution in [0.4, 0.5) is 11.4 Å². The molecule has 198 valence electrons. The highest BCUT2D eigenvalue weighted by molar-refractivity contribution is 7.18. The number of hydrogen-bond donors (Lipinski definition) is 2. The number of morpholine rings is 1. The summed E-state index contributed by atoms with van der Waals surface area (Å²) in [4.78, 5) is 43.0. The largest absolute Gasteiger partial charge is 0.370 e. The summed E-state index contributed by atoms with van der Waals surface area (Å²) < 4.78 is 5.77. The summed E-state index contributed by atoms with van der Waals surface area (Å²) in [5.41, 5.74) is 1.44. The number of ether oxygens (including phenoxy) is 1. The van der Waals surface area contributed by atoms with E-state index in [1.165, 1.54) is 43.4 Å². The van der Waals surface area contributed by atoms with Gasteiger partial charge in [-0.05, 0) is 73.9 Å². The molecular formula is C27H33ClN4O4S.